The van der Waals surface area contributed by atoms with Gasteiger partial charge in [-0.25, -0.2) is 0 Å². The van der Waals surface area contributed by atoms with Crippen LogP contribution in [0, 0.1) is 5.92 Å². The van der Waals surface area contributed by atoms with Crippen LogP contribution in [0.4, 0.5) is 5.69 Å². The van der Waals surface area contributed by atoms with Gasteiger partial charge in [0.15, 0.2) is 5.78 Å². The molecule has 182 valence electrons. The molecule has 3 aliphatic rings. The maximum atomic E-state index is 13.4. The number of hydrogen-bond acceptors (Lipinski definition) is 5. The highest BCUT2D eigenvalue weighted by Crippen LogP contribution is 2.31. The van der Waals surface area contributed by atoms with Crippen LogP contribution in [-0.4, -0.2) is 55.7 Å². The summed E-state index contributed by atoms with van der Waals surface area (Å²) in [5, 5.41) is 13.1. The van der Waals surface area contributed by atoms with E-state index in [1.54, 1.807) is 0 Å². The first-order chi connectivity index (χ1) is 16.5. The molecule has 1 atom stereocenters. The van der Waals surface area contributed by atoms with E-state index >= 15 is 0 Å². The first-order valence-electron chi connectivity index (χ1n) is 12.5. The lowest BCUT2D eigenvalue weighted by atomic mass is 9.86. The van der Waals surface area contributed by atoms with Crippen molar-refractivity contribution in [2.24, 2.45) is 5.92 Å². The Morgan fingerprint density at radius 3 is 2.74 bits per heavy atom. The average Bonchev–Trinajstić information content (AvgIpc) is 2.83. The topological polar surface area (TPSA) is 78.9 Å². The van der Waals surface area contributed by atoms with Crippen molar-refractivity contribution in [1.82, 2.24) is 5.32 Å². The number of Topliss-reactive ketones (excluding diaryl/α,β-unsaturated/α-hetero) is 1. The highest BCUT2D eigenvalue weighted by molar-refractivity contribution is 6.02. The van der Waals surface area contributed by atoms with Crippen LogP contribution in [0.5, 0.6) is 0 Å². The van der Waals surface area contributed by atoms with Gasteiger partial charge in [-0.15, -0.1) is 0 Å². The number of fused-ring (bicyclic) bond motifs is 1. The summed E-state index contributed by atoms with van der Waals surface area (Å²) in [6, 6.07) is 6.31. The van der Waals surface area contributed by atoms with Gasteiger partial charge in [0.25, 0.3) is 5.91 Å². The van der Waals surface area contributed by atoms with Crippen molar-refractivity contribution in [2.45, 2.75) is 52.0 Å². The van der Waals surface area contributed by atoms with Crippen molar-refractivity contribution in [3.8, 4) is 0 Å². The maximum absolute atomic E-state index is 13.4. The number of hydrogen-bond donors (Lipinski definition) is 2. The van der Waals surface area contributed by atoms with E-state index in [0.717, 1.165) is 55.0 Å². The third-order valence-electron chi connectivity index (χ3n) is 7.13. The monoisotopic (exact) mass is 464 g/mol. The van der Waals surface area contributed by atoms with Gasteiger partial charge in [0.05, 0.1) is 0 Å². The van der Waals surface area contributed by atoms with Crippen molar-refractivity contribution in [2.75, 3.05) is 37.8 Å². The maximum Gasteiger partial charge on any atom is 0.251 e. The standard InChI is InChI=1S/C28H36N2O4/c1-3-30(22-10-12-34-13-11-22)26-9-5-8-24-23(26)7-4-6-20(18-31)16-21-14-19(2)15-27(32)25(21)17-29-28(24)33/h4-6,8-9,14,20,22,31H,3,7,10-13,15-18H2,1-2H3,(H,29,33)/b6-4-. The summed E-state index contributed by atoms with van der Waals surface area (Å²) in [4.78, 5) is 28.6. The minimum Gasteiger partial charge on any atom is -0.396 e. The molecular weight excluding hydrogens is 428 g/mol. The number of ether oxygens (including phenoxy) is 1. The largest absolute Gasteiger partial charge is 0.396 e. The van der Waals surface area contributed by atoms with Gasteiger partial charge < -0.3 is 20.1 Å². The number of allylic oxidation sites excluding steroid dienone is 4. The second kappa shape index (κ2) is 11.2. The quantitative estimate of drug-likeness (QED) is 0.664. The summed E-state index contributed by atoms with van der Waals surface area (Å²) in [5.74, 6) is -0.180. The van der Waals surface area contributed by atoms with Gasteiger partial charge in [-0.2, -0.15) is 0 Å². The van der Waals surface area contributed by atoms with Gasteiger partial charge in [0, 0.05) is 68.1 Å². The zero-order valence-electron chi connectivity index (χ0n) is 20.3. The summed E-state index contributed by atoms with van der Waals surface area (Å²) >= 11 is 0. The molecule has 6 nitrogen and oxygen atoms in total. The number of nitrogens with zero attached hydrogens (tertiary/aromatic N) is 1. The molecule has 1 aromatic rings. The Balaban J connectivity index is 1.73. The zero-order chi connectivity index (χ0) is 24.1. The second-order valence-electron chi connectivity index (χ2n) is 9.49. The Labute approximate surface area is 202 Å². The molecule has 1 unspecified atom stereocenters. The van der Waals surface area contributed by atoms with E-state index in [-0.39, 0.29) is 30.8 Å². The van der Waals surface area contributed by atoms with Crippen molar-refractivity contribution < 1.29 is 19.4 Å². The minimum absolute atomic E-state index is 0.0123. The van der Waals surface area contributed by atoms with Gasteiger partial charge in [-0.3, -0.25) is 9.59 Å². The fourth-order valence-electron chi connectivity index (χ4n) is 5.38. The molecule has 1 aromatic carbocycles. The molecule has 0 bridgehead atoms. The first-order valence-corrected chi connectivity index (χ1v) is 12.5. The van der Waals surface area contributed by atoms with Gasteiger partial charge in [0.1, 0.15) is 0 Å². The molecule has 4 rings (SSSR count). The number of carbonyl (C=O) groups is 2. The Morgan fingerprint density at radius 2 is 2.00 bits per heavy atom. The molecule has 1 fully saturated rings. The molecule has 2 heterocycles. The molecular formula is C28H36N2O4. The number of benzene rings is 1. The lowest BCUT2D eigenvalue weighted by Gasteiger charge is -2.37. The number of aliphatic hydroxyl groups excluding tert-OH is 1. The summed E-state index contributed by atoms with van der Waals surface area (Å²) in [5.41, 5.74) is 5.31. The van der Waals surface area contributed by atoms with Crippen molar-refractivity contribution >= 4 is 17.4 Å². The normalized spacial score (nSPS) is 23.1. The molecule has 34 heavy (non-hydrogen) atoms. The molecule has 1 saturated heterocycles. The summed E-state index contributed by atoms with van der Waals surface area (Å²) < 4.78 is 5.57. The van der Waals surface area contributed by atoms with Crippen LogP contribution < -0.4 is 10.2 Å². The molecule has 1 aliphatic carbocycles. The smallest absolute Gasteiger partial charge is 0.251 e. The first kappa shape index (κ1) is 24.4. The predicted octanol–water partition coefficient (Wildman–Crippen LogP) is 3.75. The second-order valence-corrected chi connectivity index (χ2v) is 9.49. The van der Waals surface area contributed by atoms with Crippen molar-refractivity contribution in [1.29, 1.82) is 0 Å². The van der Waals surface area contributed by atoms with Crippen molar-refractivity contribution in [3.05, 3.63) is 64.3 Å². The van der Waals surface area contributed by atoms with Crippen LogP contribution in [0.15, 0.2) is 53.1 Å². The number of rotatable bonds is 4. The van der Waals surface area contributed by atoms with Crippen LogP contribution >= 0.6 is 0 Å². The number of aliphatic hydroxyl groups is 1. The Morgan fingerprint density at radius 1 is 1.21 bits per heavy atom. The lowest BCUT2D eigenvalue weighted by molar-refractivity contribution is -0.115. The Hall–Kier alpha value is -2.70. The molecule has 0 saturated carbocycles. The molecule has 2 aliphatic heterocycles. The van der Waals surface area contributed by atoms with E-state index in [1.807, 2.05) is 31.2 Å². The average molecular weight is 465 g/mol. The SMILES string of the molecule is CCN(c1cccc2c1C/C=C\C(CO)CC1=C(CNC2=O)C(=O)CC(C)=C1)C1CCOCC1. The molecule has 0 spiro atoms. The van der Waals surface area contributed by atoms with Crippen LogP contribution in [0.3, 0.4) is 0 Å². The Bertz CT molecular complexity index is 1020. The van der Waals surface area contributed by atoms with Crippen LogP contribution in [0.25, 0.3) is 0 Å². The third-order valence-corrected chi connectivity index (χ3v) is 7.13. The number of ketones is 1. The van der Waals surface area contributed by atoms with Gasteiger partial charge in [-0.05, 0) is 62.8 Å². The van der Waals surface area contributed by atoms with Gasteiger partial charge >= 0.3 is 0 Å². The fraction of sp³-hybridized carbons (Fsp3) is 0.500. The van der Waals surface area contributed by atoms with Crippen LogP contribution in [0.2, 0.25) is 0 Å². The zero-order valence-corrected chi connectivity index (χ0v) is 20.3. The molecule has 1 amide bonds. The molecule has 0 aromatic heterocycles. The van der Waals surface area contributed by atoms with Crippen LogP contribution in [0.1, 0.15) is 55.5 Å². The van der Waals surface area contributed by atoms with Crippen molar-refractivity contribution in [3.63, 3.8) is 0 Å². The van der Waals surface area contributed by atoms with E-state index in [0.29, 0.717) is 36.4 Å². The number of nitrogens with one attached hydrogen (secondary N) is 1. The molecule has 0 radical (unpaired) electrons. The minimum atomic E-state index is -0.154. The Kier molecular flexibility index (Phi) is 8.01. The van der Waals surface area contributed by atoms with Gasteiger partial charge in [-0.1, -0.05) is 29.9 Å². The van der Waals surface area contributed by atoms with Crippen LogP contribution in [-0.2, 0) is 16.0 Å². The fourth-order valence-corrected chi connectivity index (χ4v) is 5.38. The number of anilines is 1. The summed E-state index contributed by atoms with van der Waals surface area (Å²) in [7, 11) is 0. The molecule has 6 heteroatoms. The number of carbonyl (C=O) groups excluding carboxylic acids is 2. The van der Waals surface area contributed by atoms with E-state index in [9.17, 15) is 14.7 Å². The number of amides is 1. The highest BCUT2D eigenvalue weighted by Gasteiger charge is 2.26. The summed E-state index contributed by atoms with van der Waals surface area (Å²) in [6.07, 6.45) is 9.66. The van der Waals surface area contributed by atoms with E-state index < -0.39 is 0 Å². The highest BCUT2D eigenvalue weighted by atomic mass is 16.5. The van der Waals surface area contributed by atoms with E-state index in [1.165, 1.54) is 0 Å². The predicted molar refractivity (Wildman–Crippen MR) is 134 cm³/mol. The van der Waals surface area contributed by atoms with Gasteiger partial charge in [0.2, 0.25) is 0 Å². The van der Waals surface area contributed by atoms with E-state index in [4.69, 9.17) is 4.74 Å². The van der Waals surface area contributed by atoms with E-state index in [2.05, 4.69) is 29.3 Å². The third kappa shape index (κ3) is 5.34. The molecule has 2 N–H and O–H groups in total. The summed E-state index contributed by atoms with van der Waals surface area (Å²) in [6.45, 7) is 6.69. The lowest BCUT2D eigenvalue weighted by Crippen LogP contribution is -2.40.